The lowest BCUT2D eigenvalue weighted by Gasteiger charge is -2.23. The molecule has 0 saturated heterocycles. The number of benzene rings is 1. The summed E-state index contributed by atoms with van der Waals surface area (Å²) in [5.74, 6) is -2.46. The monoisotopic (exact) mass is 428 g/mol. The fourth-order valence-corrected chi connectivity index (χ4v) is 2.48. The highest BCUT2D eigenvalue weighted by molar-refractivity contribution is 5.75. The third kappa shape index (κ3) is 4.93. The van der Waals surface area contributed by atoms with Gasteiger partial charge in [0.2, 0.25) is 5.88 Å². The van der Waals surface area contributed by atoms with Crippen LogP contribution in [0.4, 0.5) is 24.7 Å². The summed E-state index contributed by atoms with van der Waals surface area (Å²) >= 11 is 0. The van der Waals surface area contributed by atoms with Crippen LogP contribution in [0, 0.1) is 11.3 Å². The van der Waals surface area contributed by atoms with Crippen LogP contribution in [0.2, 0.25) is 0 Å². The van der Waals surface area contributed by atoms with Gasteiger partial charge in [-0.2, -0.15) is 23.4 Å². The lowest BCUT2D eigenvalue weighted by atomic mass is 9.98. The SMILES string of the molecule is C.CCNc1c(C#N)c(N)nc2c1Cc1cc(O)c(O)cc1O2.O=C(O)C(F)(F)F. The first-order chi connectivity index (χ1) is 13.5. The van der Waals surface area contributed by atoms with Gasteiger partial charge in [-0.15, -0.1) is 0 Å². The number of fused-ring (bicyclic) bond motifs is 2. The number of alkyl halides is 3. The number of carbonyl (C=O) groups is 1. The largest absolute Gasteiger partial charge is 0.504 e. The Morgan fingerprint density at radius 1 is 1.37 bits per heavy atom. The molecule has 0 unspecified atom stereocenters. The van der Waals surface area contributed by atoms with E-state index in [2.05, 4.69) is 10.3 Å². The van der Waals surface area contributed by atoms with E-state index in [9.17, 15) is 28.6 Å². The average molecular weight is 428 g/mol. The summed E-state index contributed by atoms with van der Waals surface area (Å²) in [6.45, 7) is 2.52. The van der Waals surface area contributed by atoms with Crippen molar-refractivity contribution in [2.45, 2.75) is 26.9 Å². The number of halogens is 3. The van der Waals surface area contributed by atoms with Gasteiger partial charge in [0.15, 0.2) is 11.5 Å². The van der Waals surface area contributed by atoms with E-state index in [1.807, 2.05) is 13.0 Å². The number of nitrogens with one attached hydrogen (secondary N) is 1. The molecule has 0 atom stereocenters. The van der Waals surface area contributed by atoms with Crippen LogP contribution in [0.25, 0.3) is 0 Å². The average Bonchev–Trinajstić information content (AvgIpc) is 2.62. The van der Waals surface area contributed by atoms with E-state index in [-0.39, 0.29) is 30.3 Å². The maximum Gasteiger partial charge on any atom is 0.490 e. The van der Waals surface area contributed by atoms with Crippen molar-refractivity contribution < 1.29 is 38.0 Å². The highest BCUT2D eigenvalue weighted by atomic mass is 19.4. The molecule has 0 bridgehead atoms. The molecule has 1 aromatic carbocycles. The van der Waals surface area contributed by atoms with Gasteiger partial charge in [0.1, 0.15) is 23.2 Å². The summed E-state index contributed by atoms with van der Waals surface area (Å²) in [5.41, 5.74) is 8.07. The molecule has 1 aliphatic rings. The number of pyridine rings is 1. The number of aromatic nitrogens is 1. The first-order valence-electron chi connectivity index (χ1n) is 7.98. The van der Waals surface area contributed by atoms with Gasteiger partial charge in [-0.25, -0.2) is 4.79 Å². The Bertz CT molecular complexity index is 1000. The maximum atomic E-state index is 10.6. The topological polar surface area (TPSA) is 162 Å². The maximum absolute atomic E-state index is 10.6. The molecule has 2 aromatic rings. The van der Waals surface area contributed by atoms with E-state index in [0.29, 0.717) is 41.4 Å². The van der Waals surface area contributed by atoms with Gasteiger partial charge in [0.05, 0.1) is 5.69 Å². The minimum absolute atomic E-state index is 0. The molecule has 6 N–H and O–H groups in total. The zero-order valence-electron chi connectivity index (χ0n) is 14.8. The minimum atomic E-state index is -5.08. The number of carboxylic acids is 1. The van der Waals surface area contributed by atoms with Gasteiger partial charge >= 0.3 is 12.1 Å². The molecule has 1 aromatic heterocycles. The standard InChI is InChI=1S/C15H14N4O3.C2HF3O2.CH4/c1-2-18-13-8-3-7-4-10(20)11(21)5-12(7)22-15(8)19-14(17)9(13)6-16;3-2(4,5)1(6)7;/h4-5,20-21H,2-3H2,1H3,(H3,17,18,19);(H,6,7);1H4. The molecule has 0 saturated carbocycles. The van der Waals surface area contributed by atoms with Crippen molar-refractivity contribution in [1.82, 2.24) is 4.98 Å². The lowest BCUT2D eigenvalue weighted by molar-refractivity contribution is -0.192. The number of anilines is 2. The number of phenolic OH excluding ortho intramolecular Hbond substituents is 2. The molecular formula is C18H19F3N4O5. The van der Waals surface area contributed by atoms with E-state index in [1.54, 1.807) is 0 Å². The second kappa shape index (κ2) is 9.08. The Hall–Kier alpha value is -3.88. The number of aliphatic carboxylic acids is 1. The molecule has 0 fully saturated rings. The number of carboxylic acid groups (broad SMARTS) is 1. The quantitative estimate of drug-likeness (QED) is 0.385. The Morgan fingerprint density at radius 2 is 1.93 bits per heavy atom. The Balaban J connectivity index is 0.000000489. The molecule has 1 aliphatic heterocycles. The molecule has 2 heterocycles. The fourth-order valence-electron chi connectivity index (χ4n) is 2.48. The molecule has 0 radical (unpaired) electrons. The van der Waals surface area contributed by atoms with Crippen molar-refractivity contribution in [2.75, 3.05) is 17.6 Å². The zero-order valence-corrected chi connectivity index (χ0v) is 14.8. The predicted molar refractivity (Wildman–Crippen MR) is 101 cm³/mol. The first-order valence-corrected chi connectivity index (χ1v) is 7.98. The summed E-state index contributed by atoms with van der Waals surface area (Å²) in [6.07, 6.45) is -4.68. The van der Waals surface area contributed by atoms with Gasteiger partial charge < -0.3 is 31.1 Å². The zero-order chi connectivity index (χ0) is 21.9. The Morgan fingerprint density at radius 3 is 2.43 bits per heavy atom. The molecule has 0 aliphatic carbocycles. The number of nitrogens with two attached hydrogens (primary N) is 1. The van der Waals surface area contributed by atoms with Crippen LogP contribution in [0.15, 0.2) is 12.1 Å². The number of aromatic hydroxyl groups is 2. The number of ether oxygens (including phenoxy) is 1. The first kappa shape index (κ1) is 24.2. The van der Waals surface area contributed by atoms with E-state index >= 15 is 0 Å². The number of nitrogen functional groups attached to an aromatic ring is 1. The molecular weight excluding hydrogens is 409 g/mol. The highest BCUT2D eigenvalue weighted by Gasteiger charge is 2.38. The van der Waals surface area contributed by atoms with Crippen LogP contribution in [0.5, 0.6) is 23.1 Å². The fraction of sp³-hybridized carbons (Fsp3) is 0.278. The van der Waals surface area contributed by atoms with Gasteiger partial charge in [0.25, 0.3) is 0 Å². The number of phenols is 2. The lowest BCUT2D eigenvalue weighted by Crippen LogP contribution is -2.21. The second-order valence-electron chi connectivity index (χ2n) is 5.70. The summed E-state index contributed by atoms with van der Waals surface area (Å²) in [7, 11) is 0. The summed E-state index contributed by atoms with van der Waals surface area (Å²) in [4.78, 5) is 13.0. The Kier molecular flexibility index (Phi) is 7.31. The van der Waals surface area contributed by atoms with Gasteiger partial charge in [-0.05, 0) is 13.0 Å². The normalized spacial score (nSPS) is 11.3. The van der Waals surface area contributed by atoms with Crippen LogP contribution in [0.3, 0.4) is 0 Å². The van der Waals surface area contributed by atoms with Crippen molar-refractivity contribution in [3.05, 3.63) is 28.8 Å². The van der Waals surface area contributed by atoms with Crippen LogP contribution >= 0.6 is 0 Å². The Labute approximate surface area is 169 Å². The van der Waals surface area contributed by atoms with Crippen LogP contribution < -0.4 is 15.8 Å². The summed E-state index contributed by atoms with van der Waals surface area (Å²) in [6, 6.07) is 4.81. The van der Waals surface area contributed by atoms with Gasteiger partial charge in [0, 0.05) is 30.2 Å². The second-order valence-corrected chi connectivity index (χ2v) is 5.70. The third-order valence-corrected chi connectivity index (χ3v) is 3.73. The number of nitrogens with zero attached hydrogens (tertiary/aromatic N) is 2. The number of nitriles is 1. The molecule has 3 rings (SSSR count). The number of hydrogen-bond donors (Lipinski definition) is 5. The molecule has 12 heteroatoms. The van der Waals surface area contributed by atoms with Crippen molar-refractivity contribution in [1.29, 1.82) is 5.26 Å². The van der Waals surface area contributed by atoms with Gasteiger partial charge in [-0.3, -0.25) is 0 Å². The third-order valence-electron chi connectivity index (χ3n) is 3.73. The van der Waals surface area contributed by atoms with Crippen LogP contribution in [-0.4, -0.2) is 39.0 Å². The van der Waals surface area contributed by atoms with Crippen molar-refractivity contribution in [3.8, 4) is 29.2 Å². The summed E-state index contributed by atoms with van der Waals surface area (Å²) < 4.78 is 37.4. The molecule has 0 spiro atoms. The van der Waals surface area contributed by atoms with Crippen LogP contribution in [-0.2, 0) is 11.2 Å². The minimum Gasteiger partial charge on any atom is -0.504 e. The van der Waals surface area contributed by atoms with Gasteiger partial charge in [-0.1, -0.05) is 7.43 Å². The van der Waals surface area contributed by atoms with E-state index in [0.717, 1.165) is 0 Å². The summed E-state index contributed by atoms with van der Waals surface area (Å²) in [5, 5.41) is 38.7. The van der Waals surface area contributed by atoms with E-state index in [4.69, 9.17) is 20.4 Å². The van der Waals surface area contributed by atoms with Crippen molar-refractivity contribution in [2.24, 2.45) is 0 Å². The predicted octanol–water partition coefficient (Wildman–Crippen LogP) is 3.34. The molecule has 0 amide bonds. The highest BCUT2D eigenvalue weighted by Crippen LogP contribution is 2.44. The van der Waals surface area contributed by atoms with E-state index < -0.39 is 12.1 Å². The molecule has 30 heavy (non-hydrogen) atoms. The van der Waals surface area contributed by atoms with Crippen molar-refractivity contribution >= 4 is 17.5 Å². The van der Waals surface area contributed by atoms with Crippen molar-refractivity contribution in [3.63, 3.8) is 0 Å². The number of hydrogen-bond acceptors (Lipinski definition) is 8. The van der Waals surface area contributed by atoms with E-state index in [1.165, 1.54) is 12.1 Å². The smallest absolute Gasteiger partial charge is 0.490 e. The number of rotatable bonds is 2. The molecule has 162 valence electrons. The van der Waals surface area contributed by atoms with Crippen LogP contribution in [0.1, 0.15) is 31.0 Å². The molecule has 9 nitrogen and oxygen atoms in total.